The van der Waals surface area contributed by atoms with Crippen LogP contribution in [0.3, 0.4) is 0 Å². The maximum absolute atomic E-state index is 11.6. The lowest BCUT2D eigenvalue weighted by atomic mass is 9.92. The van der Waals surface area contributed by atoms with Crippen LogP contribution in [0.1, 0.15) is 102 Å². The Morgan fingerprint density at radius 3 is 1.36 bits per heavy atom. The van der Waals surface area contributed by atoms with Gasteiger partial charge in [-0.3, -0.25) is 5.32 Å². The average molecular weight is 1070 g/mol. The molecule has 0 aliphatic heterocycles. The minimum atomic E-state index is -0.442. The first-order valence-corrected chi connectivity index (χ1v) is 31.5. The number of rotatable bonds is 21. The van der Waals surface area contributed by atoms with Crippen LogP contribution in [0.15, 0.2) is 147 Å². The van der Waals surface area contributed by atoms with E-state index in [1.807, 2.05) is 147 Å². The second-order valence-corrected chi connectivity index (χ2v) is 22.2. The molecule has 1 N–H and O–H groups in total. The highest BCUT2D eigenvalue weighted by Gasteiger charge is 2.12. The zero-order valence-electron chi connectivity index (χ0n) is 46.1. The number of hydrogen-bond acceptors (Lipinski definition) is 9. The molecule has 4 nitrogen and oxygen atoms in total. The van der Waals surface area contributed by atoms with Crippen LogP contribution in [0.25, 0.3) is 12.2 Å². The second-order valence-electron chi connectivity index (χ2n) is 16.4. The smallest absolute Gasteiger partial charge is 0.411 e. The van der Waals surface area contributed by atoms with Crippen molar-refractivity contribution in [1.29, 1.82) is 5.26 Å². The molecule has 0 aliphatic carbocycles. The van der Waals surface area contributed by atoms with E-state index in [2.05, 4.69) is 147 Å². The summed E-state index contributed by atoms with van der Waals surface area (Å²) in [5.41, 5.74) is 11.2. The normalized spacial score (nSPS) is 9.27. The first-order valence-electron chi connectivity index (χ1n) is 23.1. The number of anilines is 1. The van der Waals surface area contributed by atoms with Gasteiger partial charge in [0.2, 0.25) is 0 Å². The Morgan fingerprint density at radius 1 is 0.643 bits per heavy atom. The topological polar surface area (TPSA) is 62.1 Å². The summed E-state index contributed by atoms with van der Waals surface area (Å²) in [6.07, 6.45) is 21.9. The Labute approximate surface area is 457 Å². The van der Waals surface area contributed by atoms with Crippen LogP contribution in [0, 0.1) is 23.7 Å². The van der Waals surface area contributed by atoms with Gasteiger partial charge in [-0.1, -0.05) is 128 Å². The molecule has 0 bridgehead atoms. The number of aryl methyl sites for hydroxylation is 1. The van der Waals surface area contributed by atoms with Crippen LogP contribution < -0.4 is 5.32 Å². The van der Waals surface area contributed by atoms with Crippen LogP contribution in [0.2, 0.25) is 0 Å². The Kier molecular flexibility index (Phi) is 59.4. The van der Waals surface area contributed by atoms with Crippen molar-refractivity contribution in [3.63, 3.8) is 0 Å². The van der Waals surface area contributed by atoms with Gasteiger partial charge in [-0.25, -0.2) is 4.79 Å². The number of nitriles is 1. The quantitative estimate of drug-likeness (QED) is 0.105. The van der Waals surface area contributed by atoms with E-state index in [9.17, 15) is 4.79 Å². The summed E-state index contributed by atoms with van der Waals surface area (Å²) in [7, 11) is 0. The Bertz CT molecular complexity index is 1810. The van der Waals surface area contributed by atoms with Gasteiger partial charge in [-0.15, -0.1) is 26.3 Å². The molecular weight excluding hydrogens is 973 g/mol. The van der Waals surface area contributed by atoms with E-state index < -0.39 is 6.09 Å². The first-order chi connectivity index (χ1) is 33.2. The van der Waals surface area contributed by atoms with Crippen molar-refractivity contribution in [2.45, 2.75) is 92.6 Å². The molecule has 0 heterocycles. The predicted octanol–water partition coefficient (Wildman–Crippen LogP) is 19.9. The molecule has 0 aromatic heterocycles. The van der Waals surface area contributed by atoms with Crippen LogP contribution in [-0.2, 0) is 16.2 Å². The zero-order chi connectivity index (χ0) is 54.6. The van der Waals surface area contributed by atoms with E-state index in [-0.39, 0.29) is 12.0 Å². The number of allylic oxidation sites excluding steroid dienone is 4. The molecule has 0 radical (unpaired) electrons. The van der Waals surface area contributed by atoms with E-state index in [0.29, 0.717) is 0 Å². The molecule has 0 saturated heterocycles. The summed E-state index contributed by atoms with van der Waals surface area (Å²) >= 11 is 11.1. The van der Waals surface area contributed by atoms with E-state index >= 15 is 0 Å². The molecule has 0 atom stereocenters. The molecule has 392 valence electrons. The number of amides is 1. The molecule has 0 saturated carbocycles. The largest absolute Gasteiger partial charge is 0.445 e. The highest BCUT2D eigenvalue weighted by molar-refractivity contribution is 7.99. The number of benzene rings is 3. The van der Waals surface area contributed by atoms with Gasteiger partial charge < -0.3 is 4.74 Å². The van der Waals surface area contributed by atoms with Gasteiger partial charge >= 0.3 is 6.09 Å². The molecule has 3 aromatic rings. The van der Waals surface area contributed by atoms with Crippen molar-refractivity contribution < 1.29 is 9.53 Å². The summed E-state index contributed by atoms with van der Waals surface area (Å²) in [6.45, 7) is 42.0. The lowest BCUT2D eigenvalue weighted by Gasteiger charge is -2.10. The summed E-state index contributed by atoms with van der Waals surface area (Å²) in [5, 5.41) is 11.2. The Balaban J connectivity index is -0.000000240. The van der Waals surface area contributed by atoms with Crippen LogP contribution >= 0.6 is 70.6 Å². The minimum Gasteiger partial charge on any atom is -0.445 e. The van der Waals surface area contributed by atoms with Gasteiger partial charge in [0.05, 0.1) is 11.5 Å². The van der Waals surface area contributed by atoms with Crippen molar-refractivity contribution in [3.05, 3.63) is 175 Å². The third kappa shape index (κ3) is 59.0. The number of carbonyl (C=O) groups excluding carboxylic acids is 1. The van der Waals surface area contributed by atoms with E-state index in [4.69, 9.17) is 10.00 Å². The molecule has 3 aromatic carbocycles. The fraction of sp³-hybridized carbons (Fsp3) is 0.433. The van der Waals surface area contributed by atoms with E-state index in [1.165, 1.54) is 81.2 Å². The number of carbonyl (C=O) groups is 1. The summed E-state index contributed by atoms with van der Waals surface area (Å²) < 4.78 is 5.01. The molecule has 0 unspecified atom stereocenters. The van der Waals surface area contributed by atoms with Gasteiger partial charge in [-0.2, -0.15) is 75.8 Å². The number of ether oxygens (including phenoxy) is 1. The Morgan fingerprint density at radius 2 is 1.06 bits per heavy atom. The predicted molar refractivity (Wildman–Crippen MR) is 340 cm³/mol. The van der Waals surface area contributed by atoms with Crippen molar-refractivity contribution in [2.75, 3.05) is 72.5 Å². The fourth-order valence-corrected chi connectivity index (χ4v) is 6.83. The number of nitrogens with one attached hydrogen (secondary N) is 1. The summed E-state index contributed by atoms with van der Waals surface area (Å²) in [5.74, 6) is 6.91. The monoisotopic (exact) mass is 1070 g/mol. The molecule has 0 aliphatic rings. The van der Waals surface area contributed by atoms with E-state index in [0.717, 1.165) is 34.8 Å². The summed E-state index contributed by atoms with van der Waals surface area (Å²) in [6, 6.07) is 26.7. The third-order valence-corrected chi connectivity index (χ3v) is 12.0. The summed E-state index contributed by atoms with van der Waals surface area (Å²) in [4.78, 5) is 11.6. The lowest BCUT2D eigenvalue weighted by molar-refractivity contribution is 0.171. The van der Waals surface area contributed by atoms with Crippen LogP contribution in [0.4, 0.5) is 10.5 Å². The number of hydrogen-bond donors (Lipinski definition) is 1. The molecule has 70 heavy (non-hydrogen) atoms. The van der Waals surface area contributed by atoms with Gasteiger partial charge in [-0.05, 0) is 174 Å². The Hall–Kier alpha value is -3.30. The molecular formula is C60H94N2O2S6. The molecule has 10 heteroatoms. The lowest BCUT2D eigenvalue weighted by Crippen LogP contribution is -2.15. The number of nitrogens with zero attached hydrogens (tertiary/aromatic N) is 1. The van der Waals surface area contributed by atoms with Crippen molar-refractivity contribution in [1.82, 2.24) is 0 Å². The second kappa shape index (κ2) is 55.0. The van der Waals surface area contributed by atoms with Gasteiger partial charge in [0.15, 0.2) is 0 Å². The molecule has 1 amide bonds. The first kappa shape index (κ1) is 75.6. The fourth-order valence-electron chi connectivity index (χ4n) is 4.14. The van der Waals surface area contributed by atoms with E-state index in [1.54, 1.807) is 17.8 Å². The molecule has 0 fully saturated rings. The molecule has 0 spiro atoms. The zero-order valence-corrected chi connectivity index (χ0v) is 51.0. The van der Waals surface area contributed by atoms with Crippen molar-refractivity contribution in [2.24, 2.45) is 5.41 Å². The SMILES string of the molecule is C=C(C)CCSC.C=C(C)CCSC.C=C(C)CCSC.C=C(C)COC(=O)Nc1cc(CSC)ccc1C.C=CCC(C)(C)C#N.C=Cc1ccc(CSC)cc1.C=Cc1ccccc1.CCSC. The van der Waals surface area contributed by atoms with Crippen molar-refractivity contribution in [3.8, 4) is 6.07 Å². The highest BCUT2D eigenvalue weighted by atomic mass is 32.2. The van der Waals surface area contributed by atoms with Gasteiger partial charge in [0.25, 0.3) is 0 Å². The molecule has 3 rings (SSSR count). The number of thioether (sulfide) groups is 6. The van der Waals surface area contributed by atoms with Crippen LogP contribution in [-0.4, -0.2) is 73.2 Å². The van der Waals surface area contributed by atoms with Crippen molar-refractivity contribution >= 4 is 94.5 Å². The maximum Gasteiger partial charge on any atom is 0.411 e. The average Bonchev–Trinajstić information content (AvgIpc) is 3.34. The standard InChI is InChI=1S/C14H19NO2S.C10H12S.C8H8.C7H11N.3C6H12S.C3H8S/c1-10(2)8-17-14(16)15-13-7-12(9-18-4)6-5-11(13)3;1-3-9-4-6-10(7-5-9)8-11-2;1-2-8-6-4-3-5-7-8;1-4-5-7(2,3)6-8;3*1-6(2)4-5-7-3;1-3-4-2/h5-7H,1,8-9H2,2-4H3,(H,15,16);3-7H,1,8H2,2H3;2-7H,1H2;4H,1,5H2,2-3H3;3*1,4-5H2,2-3H3;3H2,1-2H3. The van der Waals surface area contributed by atoms with Gasteiger partial charge in [0.1, 0.15) is 6.61 Å². The van der Waals surface area contributed by atoms with Gasteiger partial charge in [0, 0.05) is 17.2 Å². The third-order valence-electron chi connectivity index (χ3n) is 8.31. The highest BCUT2D eigenvalue weighted by Crippen LogP contribution is 2.20. The maximum atomic E-state index is 11.6. The minimum absolute atomic E-state index is 0.220. The van der Waals surface area contributed by atoms with Crippen LogP contribution in [0.5, 0.6) is 0 Å².